The average molecular weight is 373 g/mol. The molecule has 3 nitrogen and oxygen atoms in total. The molecule has 18 heavy (non-hydrogen) atoms. The Morgan fingerprint density at radius 3 is 2.50 bits per heavy atom. The van der Waals surface area contributed by atoms with E-state index in [9.17, 15) is 5.11 Å². The number of aromatic nitrogens is 1. The van der Waals surface area contributed by atoms with Gasteiger partial charge in [-0.2, -0.15) is 0 Å². The third kappa shape index (κ3) is 3.54. The van der Waals surface area contributed by atoms with Crippen LogP contribution in [0.5, 0.6) is 5.88 Å². The summed E-state index contributed by atoms with van der Waals surface area (Å²) in [5.41, 5.74) is 1.72. The van der Waals surface area contributed by atoms with Gasteiger partial charge in [-0.1, -0.05) is 28.1 Å². The summed E-state index contributed by atoms with van der Waals surface area (Å²) in [5.74, 6) is 0.462. The third-order valence-corrected chi connectivity index (χ3v) is 3.31. The van der Waals surface area contributed by atoms with Crippen LogP contribution in [0.25, 0.3) is 0 Å². The largest absolute Gasteiger partial charge is 0.473 e. The molecular weight excluding hydrogens is 362 g/mol. The molecule has 0 fully saturated rings. The van der Waals surface area contributed by atoms with Crippen molar-refractivity contribution in [3.05, 3.63) is 56.6 Å². The summed E-state index contributed by atoms with van der Waals surface area (Å²) < 4.78 is 7.46. The van der Waals surface area contributed by atoms with Crippen LogP contribution in [0.3, 0.4) is 0 Å². The summed E-state index contributed by atoms with van der Waals surface area (Å²) in [6.45, 7) is 0.330. The third-order valence-electron chi connectivity index (χ3n) is 2.35. The Kier molecular flexibility index (Phi) is 4.74. The lowest BCUT2D eigenvalue weighted by atomic mass is 10.2. The molecule has 2 rings (SSSR count). The number of rotatable bonds is 4. The van der Waals surface area contributed by atoms with E-state index in [0.717, 1.165) is 14.5 Å². The van der Waals surface area contributed by atoms with Gasteiger partial charge in [0.05, 0.1) is 6.61 Å². The van der Waals surface area contributed by atoms with Gasteiger partial charge in [-0.05, 0) is 39.7 Å². The zero-order valence-electron chi connectivity index (χ0n) is 9.44. The van der Waals surface area contributed by atoms with E-state index in [1.165, 1.54) is 0 Å². The Balaban J connectivity index is 2.08. The highest BCUT2D eigenvalue weighted by Gasteiger charge is 2.05. The van der Waals surface area contributed by atoms with E-state index in [-0.39, 0.29) is 6.61 Å². The molecule has 0 aliphatic heterocycles. The maximum absolute atomic E-state index is 9.23. The number of aliphatic hydroxyl groups excluding tert-OH is 1. The highest BCUT2D eigenvalue weighted by molar-refractivity contribution is 9.10. The van der Waals surface area contributed by atoms with Crippen molar-refractivity contribution < 1.29 is 9.84 Å². The summed E-state index contributed by atoms with van der Waals surface area (Å²) in [6.07, 6.45) is 1.65. The van der Waals surface area contributed by atoms with Gasteiger partial charge in [-0.3, -0.25) is 0 Å². The molecule has 94 valence electrons. The first-order valence-corrected chi connectivity index (χ1v) is 6.90. The summed E-state index contributed by atoms with van der Waals surface area (Å²) in [5, 5.41) is 9.23. The van der Waals surface area contributed by atoms with Gasteiger partial charge < -0.3 is 9.84 Å². The standard InChI is InChI=1S/C13H11Br2NO2/c14-11-3-1-9(2-4-11)8-18-13-10(7-17)5-12(15)6-16-13/h1-6,17H,7-8H2. The topological polar surface area (TPSA) is 42.4 Å². The molecule has 0 spiro atoms. The lowest BCUT2D eigenvalue weighted by Gasteiger charge is -2.09. The molecule has 1 heterocycles. The van der Waals surface area contributed by atoms with Gasteiger partial charge in [0.15, 0.2) is 0 Å². The van der Waals surface area contributed by atoms with Gasteiger partial charge in [0.25, 0.3) is 0 Å². The van der Waals surface area contributed by atoms with Crippen LogP contribution in [-0.4, -0.2) is 10.1 Å². The molecule has 0 saturated carbocycles. The first kappa shape index (κ1) is 13.5. The van der Waals surface area contributed by atoms with Crippen LogP contribution in [0.1, 0.15) is 11.1 Å². The van der Waals surface area contributed by atoms with Gasteiger partial charge in [0.2, 0.25) is 5.88 Å². The summed E-state index contributed by atoms with van der Waals surface area (Å²) >= 11 is 6.69. The van der Waals surface area contributed by atoms with Crippen molar-refractivity contribution in [2.24, 2.45) is 0 Å². The van der Waals surface area contributed by atoms with Crippen molar-refractivity contribution >= 4 is 31.9 Å². The van der Waals surface area contributed by atoms with Crippen LogP contribution in [0.4, 0.5) is 0 Å². The predicted octanol–water partition coefficient (Wildman–Crippen LogP) is 3.68. The van der Waals surface area contributed by atoms with Crippen molar-refractivity contribution in [1.82, 2.24) is 4.98 Å². The molecule has 1 aromatic heterocycles. The van der Waals surface area contributed by atoms with E-state index in [0.29, 0.717) is 18.1 Å². The lowest BCUT2D eigenvalue weighted by molar-refractivity contribution is 0.252. The van der Waals surface area contributed by atoms with E-state index < -0.39 is 0 Å². The maximum Gasteiger partial charge on any atom is 0.219 e. The number of hydrogen-bond donors (Lipinski definition) is 1. The Hall–Kier alpha value is -0.910. The second-order valence-corrected chi connectivity index (χ2v) is 5.52. The van der Waals surface area contributed by atoms with Crippen molar-refractivity contribution in [2.45, 2.75) is 13.2 Å². The van der Waals surface area contributed by atoms with E-state index in [1.54, 1.807) is 12.3 Å². The van der Waals surface area contributed by atoms with Crippen molar-refractivity contribution in [1.29, 1.82) is 0 Å². The maximum atomic E-state index is 9.23. The zero-order valence-corrected chi connectivity index (χ0v) is 12.6. The van der Waals surface area contributed by atoms with Crippen molar-refractivity contribution in [2.75, 3.05) is 0 Å². The van der Waals surface area contributed by atoms with E-state index in [2.05, 4.69) is 36.8 Å². The second-order valence-electron chi connectivity index (χ2n) is 3.69. The SMILES string of the molecule is OCc1cc(Br)cnc1OCc1ccc(Br)cc1. The van der Waals surface area contributed by atoms with Crippen LogP contribution in [0, 0.1) is 0 Å². The fourth-order valence-electron chi connectivity index (χ4n) is 1.44. The first-order valence-electron chi connectivity index (χ1n) is 5.31. The number of halogens is 2. The normalized spacial score (nSPS) is 10.4. The fourth-order valence-corrected chi connectivity index (χ4v) is 2.09. The van der Waals surface area contributed by atoms with Crippen LogP contribution in [-0.2, 0) is 13.2 Å². The molecule has 5 heteroatoms. The van der Waals surface area contributed by atoms with E-state index >= 15 is 0 Å². The number of benzene rings is 1. The molecule has 2 aromatic rings. The number of nitrogens with zero attached hydrogens (tertiary/aromatic N) is 1. The second kappa shape index (κ2) is 6.31. The van der Waals surface area contributed by atoms with Gasteiger partial charge >= 0.3 is 0 Å². The van der Waals surface area contributed by atoms with Crippen molar-refractivity contribution in [3.63, 3.8) is 0 Å². The minimum absolute atomic E-state index is 0.0951. The Bertz CT molecular complexity index is 529. The van der Waals surface area contributed by atoms with Crippen LogP contribution in [0.2, 0.25) is 0 Å². The predicted molar refractivity (Wildman–Crippen MR) is 76.3 cm³/mol. The number of hydrogen-bond acceptors (Lipinski definition) is 3. The van der Waals surface area contributed by atoms with Crippen LogP contribution >= 0.6 is 31.9 Å². The van der Waals surface area contributed by atoms with Crippen molar-refractivity contribution in [3.8, 4) is 5.88 Å². The van der Waals surface area contributed by atoms with E-state index in [1.807, 2.05) is 24.3 Å². The average Bonchev–Trinajstić information content (AvgIpc) is 2.39. The molecule has 0 radical (unpaired) electrons. The molecule has 0 amide bonds. The highest BCUT2D eigenvalue weighted by atomic mass is 79.9. The smallest absolute Gasteiger partial charge is 0.219 e. The van der Waals surface area contributed by atoms with Crippen LogP contribution < -0.4 is 4.74 Å². The van der Waals surface area contributed by atoms with Gasteiger partial charge in [0, 0.05) is 20.7 Å². The number of aliphatic hydroxyl groups is 1. The molecule has 0 unspecified atom stereocenters. The minimum atomic E-state index is -0.0951. The van der Waals surface area contributed by atoms with E-state index in [4.69, 9.17) is 4.74 Å². The summed E-state index contributed by atoms with van der Waals surface area (Å²) in [4.78, 5) is 4.14. The summed E-state index contributed by atoms with van der Waals surface area (Å²) in [6, 6.07) is 9.66. The van der Waals surface area contributed by atoms with Gasteiger partial charge in [-0.15, -0.1) is 0 Å². The molecule has 0 aliphatic carbocycles. The molecule has 1 N–H and O–H groups in total. The van der Waals surface area contributed by atoms with Gasteiger partial charge in [-0.25, -0.2) is 4.98 Å². The molecule has 0 bridgehead atoms. The number of ether oxygens (including phenoxy) is 1. The lowest BCUT2D eigenvalue weighted by Crippen LogP contribution is -2.00. The molecule has 0 saturated heterocycles. The van der Waals surface area contributed by atoms with Crippen LogP contribution in [0.15, 0.2) is 45.5 Å². The fraction of sp³-hybridized carbons (Fsp3) is 0.154. The Labute approximate surface area is 122 Å². The number of pyridine rings is 1. The highest BCUT2D eigenvalue weighted by Crippen LogP contribution is 2.21. The molecule has 1 aromatic carbocycles. The molecule has 0 atom stereocenters. The summed E-state index contributed by atoms with van der Waals surface area (Å²) in [7, 11) is 0. The first-order chi connectivity index (χ1) is 8.69. The zero-order chi connectivity index (χ0) is 13.0. The monoisotopic (exact) mass is 371 g/mol. The Morgan fingerprint density at radius 2 is 1.83 bits per heavy atom. The van der Waals surface area contributed by atoms with Gasteiger partial charge in [0.1, 0.15) is 6.61 Å². The Morgan fingerprint density at radius 1 is 1.11 bits per heavy atom. The molecular formula is C13H11Br2NO2. The quantitative estimate of drug-likeness (QED) is 0.890. The molecule has 0 aliphatic rings. The minimum Gasteiger partial charge on any atom is -0.473 e.